The highest BCUT2D eigenvalue weighted by Gasteiger charge is 2.11. The minimum Gasteiger partial charge on any atom is -0.352 e. The van der Waals surface area contributed by atoms with E-state index < -0.39 is 0 Å². The first kappa shape index (κ1) is 15.4. The van der Waals surface area contributed by atoms with Crippen molar-refractivity contribution in [1.29, 1.82) is 0 Å². The molecule has 0 radical (unpaired) electrons. The average molecular weight is 326 g/mol. The normalized spacial score (nSPS) is 10.7. The van der Waals surface area contributed by atoms with Gasteiger partial charge in [0.25, 0.3) is 5.91 Å². The average Bonchev–Trinajstić information content (AvgIpc) is 3.14. The van der Waals surface area contributed by atoms with Crippen LogP contribution in [0, 0.1) is 6.92 Å². The molecule has 5 nitrogen and oxygen atoms in total. The molecule has 1 amide bonds. The van der Waals surface area contributed by atoms with Gasteiger partial charge in [-0.3, -0.25) is 9.48 Å². The third kappa shape index (κ3) is 3.65. The molecule has 118 valence electrons. The van der Waals surface area contributed by atoms with E-state index in [0.29, 0.717) is 12.1 Å². The number of hydrogen-bond donors (Lipinski definition) is 1. The standard InChI is InChI=1S/C17H18N4OS/c1-12-16(13-6-4-3-5-7-13)20-15(23-12)8-9-18-17(22)14-10-19-21(2)11-14/h3-7,10-11H,8-9H2,1-2H3,(H,18,22). The van der Waals surface area contributed by atoms with Crippen LogP contribution in [0.25, 0.3) is 11.3 Å². The second-order valence-electron chi connectivity index (χ2n) is 5.29. The fourth-order valence-corrected chi connectivity index (χ4v) is 3.30. The minimum atomic E-state index is -0.102. The summed E-state index contributed by atoms with van der Waals surface area (Å²) >= 11 is 1.68. The summed E-state index contributed by atoms with van der Waals surface area (Å²) in [6.45, 7) is 2.65. The zero-order valence-electron chi connectivity index (χ0n) is 13.1. The van der Waals surface area contributed by atoms with Crippen LogP contribution in [0.1, 0.15) is 20.2 Å². The number of aromatic nitrogens is 3. The molecule has 3 aromatic rings. The number of benzene rings is 1. The van der Waals surface area contributed by atoms with Crippen molar-refractivity contribution in [3.8, 4) is 11.3 Å². The van der Waals surface area contributed by atoms with Crippen LogP contribution >= 0.6 is 11.3 Å². The Kier molecular flexibility index (Phi) is 4.52. The van der Waals surface area contributed by atoms with Gasteiger partial charge in [-0.2, -0.15) is 5.10 Å². The predicted octanol–water partition coefficient (Wildman–Crippen LogP) is 2.82. The fraction of sp³-hybridized carbons (Fsp3) is 0.235. The summed E-state index contributed by atoms with van der Waals surface area (Å²) in [6.07, 6.45) is 4.00. The molecular formula is C17H18N4OS. The van der Waals surface area contributed by atoms with Crippen LogP contribution in [0.15, 0.2) is 42.7 Å². The van der Waals surface area contributed by atoms with Crippen molar-refractivity contribution < 1.29 is 4.79 Å². The third-order valence-electron chi connectivity index (χ3n) is 3.48. The molecule has 2 heterocycles. The van der Waals surface area contributed by atoms with Gasteiger partial charge >= 0.3 is 0 Å². The summed E-state index contributed by atoms with van der Waals surface area (Å²) in [4.78, 5) is 17.9. The molecule has 0 spiro atoms. The lowest BCUT2D eigenvalue weighted by Crippen LogP contribution is -2.25. The molecule has 0 atom stereocenters. The molecule has 1 aromatic carbocycles. The highest BCUT2D eigenvalue weighted by molar-refractivity contribution is 7.12. The van der Waals surface area contributed by atoms with Crippen LogP contribution < -0.4 is 5.32 Å². The smallest absolute Gasteiger partial charge is 0.254 e. The van der Waals surface area contributed by atoms with Gasteiger partial charge in [0.1, 0.15) is 0 Å². The van der Waals surface area contributed by atoms with Gasteiger partial charge < -0.3 is 5.32 Å². The molecule has 0 saturated heterocycles. The molecule has 0 fully saturated rings. The Balaban J connectivity index is 1.60. The molecule has 0 saturated carbocycles. The number of nitrogens with one attached hydrogen (secondary N) is 1. The number of rotatable bonds is 5. The lowest BCUT2D eigenvalue weighted by Gasteiger charge is -2.01. The van der Waals surface area contributed by atoms with Crippen molar-refractivity contribution in [2.75, 3.05) is 6.54 Å². The van der Waals surface area contributed by atoms with Crippen LogP contribution in [0.2, 0.25) is 0 Å². The summed E-state index contributed by atoms with van der Waals surface area (Å²) in [5, 5.41) is 7.94. The third-order valence-corrected chi connectivity index (χ3v) is 4.51. The summed E-state index contributed by atoms with van der Waals surface area (Å²) < 4.78 is 1.62. The van der Waals surface area contributed by atoms with Gasteiger partial charge in [-0.1, -0.05) is 30.3 Å². The first-order valence-corrected chi connectivity index (χ1v) is 8.23. The van der Waals surface area contributed by atoms with Crippen molar-refractivity contribution in [2.24, 2.45) is 7.05 Å². The fourth-order valence-electron chi connectivity index (χ4n) is 2.35. The Morgan fingerprint density at radius 1 is 1.30 bits per heavy atom. The molecule has 3 rings (SSSR count). The largest absolute Gasteiger partial charge is 0.352 e. The zero-order chi connectivity index (χ0) is 16.2. The SMILES string of the molecule is Cc1sc(CCNC(=O)c2cnn(C)c2)nc1-c1ccccc1. The van der Waals surface area contributed by atoms with E-state index >= 15 is 0 Å². The van der Waals surface area contributed by atoms with E-state index in [1.165, 1.54) is 4.88 Å². The maximum Gasteiger partial charge on any atom is 0.254 e. The molecule has 1 N–H and O–H groups in total. The number of nitrogens with zero attached hydrogens (tertiary/aromatic N) is 3. The van der Waals surface area contributed by atoms with Crippen LogP contribution in [0.4, 0.5) is 0 Å². The zero-order valence-corrected chi connectivity index (χ0v) is 13.9. The first-order valence-electron chi connectivity index (χ1n) is 7.42. The molecule has 0 aliphatic rings. The Hall–Kier alpha value is -2.47. The van der Waals surface area contributed by atoms with Crippen LogP contribution in [-0.2, 0) is 13.5 Å². The number of carbonyl (C=O) groups excluding carboxylic acids is 1. The maximum atomic E-state index is 12.0. The molecule has 2 aromatic heterocycles. The summed E-state index contributed by atoms with van der Waals surface area (Å²) in [5.41, 5.74) is 2.74. The summed E-state index contributed by atoms with van der Waals surface area (Å²) in [5.74, 6) is -0.102. The summed E-state index contributed by atoms with van der Waals surface area (Å²) in [7, 11) is 1.79. The van der Waals surface area contributed by atoms with Crippen molar-refractivity contribution in [3.05, 3.63) is 58.2 Å². The van der Waals surface area contributed by atoms with Crippen molar-refractivity contribution in [1.82, 2.24) is 20.1 Å². The van der Waals surface area contributed by atoms with E-state index in [2.05, 4.69) is 29.5 Å². The van der Waals surface area contributed by atoms with Gasteiger partial charge in [0.2, 0.25) is 0 Å². The van der Waals surface area contributed by atoms with Crippen molar-refractivity contribution in [3.63, 3.8) is 0 Å². The number of carbonyl (C=O) groups is 1. The van der Waals surface area contributed by atoms with Gasteiger partial charge in [-0.25, -0.2) is 4.98 Å². The Labute approximate surface area is 139 Å². The number of thiazole rings is 1. The monoisotopic (exact) mass is 326 g/mol. The molecule has 23 heavy (non-hydrogen) atoms. The Bertz CT molecular complexity index is 807. The highest BCUT2D eigenvalue weighted by atomic mass is 32.1. The van der Waals surface area contributed by atoms with E-state index in [9.17, 15) is 4.79 Å². The Morgan fingerprint density at radius 3 is 2.78 bits per heavy atom. The maximum absolute atomic E-state index is 12.0. The first-order chi connectivity index (χ1) is 11.1. The molecular weight excluding hydrogens is 308 g/mol. The number of aryl methyl sites for hydroxylation is 2. The van der Waals surface area contributed by atoms with Crippen LogP contribution in [0.3, 0.4) is 0 Å². The lowest BCUT2D eigenvalue weighted by atomic mass is 10.1. The number of amides is 1. The Morgan fingerprint density at radius 2 is 2.09 bits per heavy atom. The van der Waals surface area contributed by atoms with Crippen molar-refractivity contribution in [2.45, 2.75) is 13.3 Å². The van der Waals surface area contributed by atoms with E-state index in [1.54, 1.807) is 35.5 Å². The lowest BCUT2D eigenvalue weighted by molar-refractivity contribution is 0.0954. The van der Waals surface area contributed by atoms with Crippen LogP contribution in [-0.4, -0.2) is 27.2 Å². The molecule has 6 heteroatoms. The second kappa shape index (κ2) is 6.75. The summed E-state index contributed by atoms with van der Waals surface area (Å²) in [6, 6.07) is 10.2. The van der Waals surface area contributed by atoms with E-state index in [0.717, 1.165) is 22.7 Å². The van der Waals surface area contributed by atoms with Gasteiger partial charge in [-0.15, -0.1) is 11.3 Å². The molecule has 0 aliphatic heterocycles. The van der Waals surface area contributed by atoms with E-state index in [4.69, 9.17) is 4.98 Å². The second-order valence-corrected chi connectivity index (χ2v) is 6.57. The molecule has 0 bridgehead atoms. The van der Waals surface area contributed by atoms with Gasteiger partial charge in [0.05, 0.1) is 22.5 Å². The molecule has 0 unspecified atom stereocenters. The van der Waals surface area contributed by atoms with E-state index in [-0.39, 0.29) is 5.91 Å². The highest BCUT2D eigenvalue weighted by Crippen LogP contribution is 2.27. The van der Waals surface area contributed by atoms with E-state index in [1.807, 2.05) is 18.2 Å². The van der Waals surface area contributed by atoms with Gasteiger partial charge in [-0.05, 0) is 6.92 Å². The van der Waals surface area contributed by atoms with Gasteiger partial charge in [0, 0.05) is 36.7 Å². The van der Waals surface area contributed by atoms with Crippen LogP contribution in [0.5, 0.6) is 0 Å². The van der Waals surface area contributed by atoms with Gasteiger partial charge in [0.15, 0.2) is 0 Å². The topological polar surface area (TPSA) is 59.8 Å². The quantitative estimate of drug-likeness (QED) is 0.784. The molecule has 0 aliphatic carbocycles. The predicted molar refractivity (Wildman–Crippen MR) is 91.5 cm³/mol. The minimum absolute atomic E-state index is 0.102. The number of hydrogen-bond acceptors (Lipinski definition) is 4. The van der Waals surface area contributed by atoms with Crippen molar-refractivity contribution >= 4 is 17.2 Å².